The van der Waals surface area contributed by atoms with Gasteiger partial charge in [-0.2, -0.15) is 13.2 Å². The molecular formula is C22H26F3N3O2S. The number of aldehydes is 1. The van der Waals surface area contributed by atoms with E-state index in [1.54, 1.807) is 0 Å². The average Bonchev–Trinajstić information content (AvgIpc) is 3.10. The second kappa shape index (κ2) is 8.16. The van der Waals surface area contributed by atoms with E-state index in [1.807, 2.05) is 4.90 Å². The number of ketones is 1. The maximum atomic E-state index is 13.7. The lowest BCUT2D eigenvalue weighted by molar-refractivity contribution is -0.136. The number of carbonyl (C=O) groups excluding carboxylic acids is 2. The molecule has 2 saturated heterocycles. The second-order valence-corrected chi connectivity index (χ2v) is 9.95. The van der Waals surface area contributed by atoms with Crippen LogP contribution >= 0.6 is 11.3 Å². The zero-order chi connectivity index (χ0) is 22.4. The van der Waals surface area contributed by atoms with Crippen molar-refractivity contribution in [3.8, 4) is 0 Å². The van der Waals surface area contributed by atoms with Gasteiger partial charge in [-0.3, -0.25) is 4.79 Å². The third-order valence-electron chi connectivity index (χ3n) is 6.53. The van der Waals surface area contributed by atoms with Crippen LogP contribution in [0.5, 0.6) is 0 Å². The number of Topliss-reactive ketones (excluding diaryl/α,β-unsaturated/α-hetero) is 1. The minimum absolute atomic E-state index is 0.0222. The third kappa shape index (κ3) is 4.35. The first-order valence-corrected chi connectivity index (χ1v) is 11.4. The van der Waals surface area contributed by atoms with Gasteiger partial charge in [0, 0.05) is 44.5 Å². The Balaban J connectivity index is 1.50. The molecule has 0 N–H and O–H groups in total. The molecule has 2 aliphatic heterocycles. The molecule has 5 nitrogen and oxygen atoms in total. The van der Waals surface area contributed by atoms with Crippen LogP contribution in [0, 0.1) is 11.3 Å². The maximum Gasteiger partial charge on any atom is 0.417 e. The van der Waals surface area contributed by atoms with Gasteiger partial charge >= 0.3 is 6.18 Å². The highest BCUT2D eigenvalue weighted by molar-refractivity contribution is 7.17. The number of likely N-dealkylation sites (tertiary alicyclic amines) is 1. The van der Waals surface area contributed by atoms with Gasteiger partial charge in [0.1, 0.15) is 12.1 Å². The van der Waals surface area contributed by atoms with Crippen molar-refractivity contribution in [2.75, 3.05) is 37.6 Å². The summed E-state index contributed by atoms with van der Waals surface area (Å²) in [6.45, 7) is 7.57. The Morgan fingerprint density at radius 1 is 1.32 bits per heavy atom. The molecule has 31 heavy (non-hydrogen) atoms. The van der Waals surface area contributed by atoms with Crippen molar-refractivity contribution in [1.82, 2.24) is 9.88 Å². The Morgan fingerprint density at radius 2 is 2.00 bits per heavy atom. The molecule has 9 heteroatoms. The second-order valence-electron chi connectivity index (χ2n) is 9.07. The minimum atomic E-state index is -4.50. The number of halogens is 3. The van der Waals surface area contributed by atoms with Crippen LogP contribution in [0.15, 0.2) is 11.4 Å². The van der Waals surface area contributed by atoms with Gasteiger partial charge in [-0.1, -0.05) is 6.92 Å². The van der Waals surface area contributed by atoms with Crippen molar-refractivity contribution in [2.24, 2.45) is 11.3 Å². The van der Waals surface area contributed by atoms with Gasteiger partial charge in [0.15, 0.2) is 5.78 Å². The number of piperidine rings is 1. The van der Waals surface area contributed by atoms with E-state index in [9.17, 15) is 22.8 Å². The van der Waals surface area contributed by atoms with Crippen molar-refractivity contribution in [1.29, 1.82) is 0 Å². The standard InChI is InChI=1S/C22H26F3N3O2S/c1-14(3-8-29)10-27-12-21(13-27)4-6-28(7-5-21)18-9-17(22(23,24)25)20-19(26-18)16(11-31-20)15(2)30/h8-9,11,14H,3-7,10,12-13H2,1-2H3/t14-/m0/s1. The average molecular weight is 454 g/mol. The Kier molecular flexibility index (Phi) is 5.85. The van der Waals surface area contributed by atoms with E-state index in [2.05, 4.69) is 16.8 Å². The Labute approximate surface area is 183 Å². The first-order chi connectivity index (χ1) is 14.6. The molecular weight excluding hydrogens is 427 g/mol. The van der Waals surface area contributed by atoms with E-state index in [0.29, 0.717) is 31.2 Å². The van der Waals surface area contributed by atoms with Gasteiger partial charge in [0.05, 0.1) is 21.3 Å². The smallest absolute Gasteiger partial charge is 0.357 e. The van der Waals surface area contributed by atoms with Crippen LogP contribution in [-0.2, 0) is 11.0 Å². The lowest BCUT2D eigenvalue weighted by Gasteiger charge is -2.55. The van der Waals surface area contributed by atoms with Crippen molar-refractivity contribution in [2.45, 2.75) is 39.3 Å². The summed E-state index contributed by atoms with van der Waals surface area (Å²) in [6.07, 6.45) is -1.18. The largest absolute Gasteiger partial charge is 0.417 e. The molecule has 1 spiro atoms. The Bertz CT molecular complexity index is 988. The minimum Gasteiger partial charge on any atom is -0.357 e. The summed E-state index contributed by atoms with van der Waals surface area (Å²) in [5.74, 6) is 0.360. The molecule has 0 radical (unpaired) electrons. The van der Waals surface area contributed by atoms with Gasteiger partial charge in [-0.25, -0.2) is 4.98 Å². The summed E-state index contributed by atoms with van der Waals surface area (Å²) in [5.41, 5.74) is -0.104. The molecule has 2 aromatic rings. The lowest BCUT2D eigenvalue weighted by Crippen LogP contribution is -2.61. The fraction of sp³-hybridized carbons (Fsp3) is 0.591. The van der Waals surface area contributed by atoms with Crippen molar-refractivity contribution >= 4 is 39.4 Å². The molecule has 0 aliphatic carbocycles. The molecule has 4 heterocycles. The summed E-state index contributed by atoms with van der Waals surface area (Å²) in [6, 6.07) is 1.13. The van der Waals surface area contributed by atoms with Gasteiger partial charge in [0.25, 0.3) is 0 Å². The van der Waals surface area contributed by atoms with E-state index in [1.165, 1.54) is 12.3 Å². The topological polar surface area (TPSA) is 53.5 Å². The van der Waals surface area contributed by atoms with E-state index >= 15 is 0 Å². The quantitative estimate of drug-likeness (QED) is 0.471. The molecule has 168 valence electrons. The summed E-state index contributed by atoms with van der Waals surface area (Å²) >= 11 is 0.923. The van der Waals surface area contributed by atoms with Crippen molar-refractivity contribution in [3.05, 3.63) is 22.6 Å². The van der Waals surface area contributed by atoms with Crippen LogP contribution in [0.4, 0.5) is 19.0 Å². The predicted molar refractivity (Wildman–Crippen MR) is 115 cm³/mol. The van der Waals surface area contributed by atoms with Crippen molar-refractivity contribution in [3.63, 3.8) is 0 Å². The summed E-state index contributed by atoms with van der Waals surface area (Å²) in [7, 11) is 0. The fourth-order valence-corrected chi connectivity index (χ4v) is 5.94. The molecule has 2 fully saturated rings. The summed E-state index contributed by atoms with van der Waals surface area (Å²) in [5, 5.41) is 1.47. The van der Waals surface area contributed by atoms with E-state index in [0.717, 1.165) is 56.2 Å². The Morgan fingerprint density at radius 3 is 2.58 bits per heavy atom. The van der Waals surface area contributed by atoms with Gasteiger partial charge in [0.2, 0.25) is 0 Å². The SMILES string of the molecule is CC(=O)c1csc2c(C(F)(F)F)cc(N3CCC4(CC3)CN(C[C@@H](C)CC=O)C4)nc12. The number of hydrogen-bond acceptors (Lipinski definition) is 6. The number of anilines is 1. The number of aromatic nitrogens is 1. The van der Waals surface area contributed by atoms with E-state index in [4.69, 9.17) is 0 Å². The number of rotatable bonds is 6. The number of pyridine rings is 1. The predicted octanol–water partition coefficient (Wildman–Crippen LogP) is 4.65. The summed E-state index contributed by atoms with van der Waals surface area (Å²) in [4.78, 5) is 31.3. The number of carbonyl (C=O) groups is 2. The summed E-state index contributed by atoms with van der Waals surface area (Å²) < 4.78 is 41.2. The maximum absolute atomic E-state index is 13.7. The van der Waals surface area contributed by atoms with Gasteiger partial charge in [-0.15, -0.1) is 11.3 Å². The molecule has 0 aromatic carbocycles. The van der Waals surface area contributed by atoms with Crippen LogP contribution in [0.1, 0.15) is 49.0 Å². The normalized spacial score (nSPS) is 20.1. The van der Waals surface area contributed by atoms with Crippen LogP contribution in [0.25, 0.3) is 10.2 Å². The first kappa shape index (κ1) is 22.2. The number of hydrogen-bond donors (Lipinski definition) is 0. The number of nitrogens with zero attached hydrogens (tertiary/aromatic N) is 3. The lowest BCUT2D eigenvalue weighted by atomic mass is 9.71. The molecule has 0 bridgehead atoms. The number of thiophene rings is 1. The zero-order valence-electron chi connectivity index (χ0n) is 17.7. The van der Waals surface area contributed by atoms with E-state index < -0.39 is 11.7 Å². The molecule has 2 aromatic heterocycles. The monoisotopic (exact) mass is 453 g/mol. The van der Waals surface area contributed by atoms with Crippen molar-refractivity contribution < 1.29 is 22.8 Å². The number of alkyl halides is 3. The van der Waals surface area contributed by atoms with Crippen LogP contribution in [0.2, 0.25) is 0 Å². The van der Waals surface area contributed by atoms with Gasteiger partial charge < -0.3 is 14.6 Å². The van der Waals surface area contributed by atoms with Crippen LogP contribution < -0.4 is 4.90 Å². The molecule has 0 amide bonds. The Hall–Kier alpha value is -2.00. The van der Waals surface area contributed by atoms with Crippen LogP contribution in [0.3, 0.4) is 0 Å². The van der Waals surface area contributed by atoms with Gasteiger partial charge in [-0.05, 0) is 37.2 Å². The first-order valence-electron chi connectivity index (χ1n) is 10.5. The highest BCUT2D eigenvalue weighted by Crippen LogP contribution is 2.44. The number of fused-ring (bicyclic) bond motifs is 1. The van der Waals surface area contributed by atoms with E-state index in [-0.39, 0.29) is 27.0 Å². The third-order valence-corrected chi connectivity index (χ3v) is 7.53. The molecule has 2 aliphatic rings. The molecule has 0 saturated carbocycles. The zero-order valence-corrected chi connectivity index (χ0v) is 18.5. The highest BCUT2D eigenvalue weighted by atomic mass is 32.1. The molecule has 0 unspecified atom stereocenters. The van der Waals surface area contributed by atoms with Crippen LogP contribution in [-0.4, -0.2) is 54.7 Å². The highest BCUT2D eigenvalue weighted by Gasteiger charge is 2.45. The molecule has 1 atom stereocenters. The fourth-order valence-electron chi connectivity index (χ4n) is 4.86. The molecule has 4 rings (SSSR count).